The van der Waals surface area contributed by atoms with Crippen molar-refractivity contribution >= 4 is 18.9 Å². The Hall–Kier alpha value is -1.77. The van der Waals surface area contributed by atoms with Gasteiger partial charge in [-0.1, -0.05) is 18.2 Å². The fraction of sp³-hybridized carbons (Fsp3) is 0.400. The second kappa shape index (κ2) is 8.34. The van der Waals surface area contributed by atoms with Gasteiger partial charge in [-0.25, -0.2) is 0 Å². The lowest BCUT2D eigenvalue weighted by molar-refractivity contribution is -0.108. The van der Waals surface area contributed by atoms with Crippen molar-refractivity contribution in [3.63, 3.8) is 0 Å². The highest BCUT2D eigenvalue weighted by Crippen LogP contribution is 2.15. The van der Waals surface area contributed by atoms with Crippen molar-refractivity contribution in [3.8, 4) is 0 Å². The molecule has 0 aliphatic heterocycles. The van der Waals surface area contributed by atoms with Crippen molar-refractivity contribution in [2.45, 2.75) is 38.5 Å². The number of aldehydes is 3. The van der Waals surface area contributed by atoms with Crippen molar-refractivity contribution in [3.05, 3.63) is 34.9 Å². The van der Waals surface area contributed by atoms with Gasteiger partial charge in [0.15, 0.2) is 0 Å². The minimum absolute atomic E-state index is 0.504. The molecular weight excluding hydrogens is 228 g/mol. The normalized spacial score (nSPS) is 10.0. The van der Waals surface area contributed by atoms with E-state index in [9.17, 15) is 14.4 Å². The molecule has 0 atom stereocenters. The highest BCUT2D eigenvalue weighted by atomic mass is 16.1. The highest BCUT2D eigenvalue weighted by molar-refractivity contribution is 5.52. The molecule has 0 saturated heterocycles. The standard InChI is InChI=1S/C15H18O3/c16-7-1-4-13-10-14(5-2-8-17)12-15(11-13)6-3-9-18/h7-12H,1-6H2. The molecule has 0 aliphatic carbocycles. The molecular formula is C15H18O3. The summed E-state index contributed by atoms with van der Waals surface area (Å²) in [6, 6.07) is 6.12. The van der Waals surface area contributed by atoms with Gasteiger partial charge in [0.25, 0.3) is 0 Å². The van der Waals surface area contributed by atoms with Crippen LogP contribution in [0.15, 0.2) is 18.2 Å². The summed E-state index contributed by atoms with van der Waals surface area (Å²) in [7, 11) is 0. The maximum Gasteiger partial charge on any atom is 0.120 e. The molecule has 0 amide bonds. The topological polar surface area (TPSA) is 51.2 Å². The zero-order chi connectivity index (χ0) is 13.2. The lowest BCUT2D eigenvalue weighted by Gasteiger charge is -2.07. The van der Waals surface area contributed by atoms with E-state index in [0.29, 0.717) is 38.5 Å². The Bertz CT molecular complexity index is 336. The Morgan fingerprint density at radius 2 is 0.889 bits per heavy atom. The van der Waals surface area contributed by atoms with Crippen LogP contribution in [0.1, 0.15) is 36.0 Å². The Morgan fingerprint density at radius 3 is 1.11 bits per heavy atom. The lowest BCUT2D eigenvalue weighted by atomic mass is 9.98. The van der Waals surface area contributed by atoms with E-state index in [1.165, 1.54) is 0 Å². The Balaban J connectivity index is 2.83. The highest BCUT2D eigenvalue weighted by Gasteiger charge is 2.02. The first-order chi connectivity index (χ1) is 8.80. The van der Waals surface area contributed by atoms with Crippen LogP contribution in [0.4, 0.5) is 0 Å². The van der Waals surface area contributed by atoms with Crippen LogP contribution in [0.25, 0.3) is 0 Å². The second-order valence-electron chi connectivity index (χ2n) is 4.27. The van der Waals surface area contributed by atoms with E-state index < -0.39 is 0 Å². The maximum atomic E-state index is 10.4. The Labute approximate surface area is 107 Å². The van der Waals surface area contributed by atoms with Gasteiger partial charge in [-0.15, -0.1) is 0 Å². The maximum absolute atomic E-state index is 10.4. The molecule has 0 unspecified atom stereocenters. The van der Waals surface area contributed by atoms with E-state index in [1.54, 1.807) is 0 Å². The fourth-order valence-electron chi connectivity index (χ4n) is 1.95. The van der Waals surface area contributed by atoms with Gasteiger partial charge >= 0.3 is 0 Å². The summed E-state index contributed by atoms with van der Waals surface area (Å²) < 4.78 is 0. The molecule has 0 saturated carbocycles. The number of carbonyl (C=O) groups is 3. The van der Waals surface area contributed by atoms with Gasteiger partial charge in [-0.3, -0.25) is 0 Å². The predicted octanol–water partition coefficient (Wildman–Crippen LogP) is 2.08. The summed E-state index contributed by atoms with van der Waals surface area (Å²) in [5.74, 6) is 0. The van der Waals surface area contributed by atoms with Crippen LogP contribution < -0.4 is 0 Å². The number of carbonyl (C=O) groups excluding carboxylic acids is 3. The van der Waals surface area contributed by atoms with Crippen molar-refractivity contribution in [2.75, 3.05) is 0 Å². The van der Waals surface area contributed by atoms with Crippen LogP contribution in [0.5, 0.6) is 0 Å². The molecule has 1 aromatic carbocycles. The number of aryl methyl sites for hydroxylation is 3. The number of hydrogen-bond donors (Lipinski definition) is 0. The Kier molecular flexibility index (Phi) is 6.62. The molecule has 96 valence electrons. The fourth-order valence-corrected chi connectivity index (χ4v) is 1.95. The van der Waals surface area contributed by atoms with E-state index in [-0.39, 0.29) is 0 Å². The largest absolute Gasteiger partial charge is 0.303 e. The SMILES string of the molecule is O=CCCc1cc(CCC=O)cc(CCC=O)c1. The van der Waals surface area contributed by atoms with Gasteiger partial charge < -0.3 is 14.4 Å². The van der Waals surface area contributed by atoms with Crippen LogP contribution in [0, 0.1) is 0 Å². The summed E-state index contributed by atoms with van der Waals surface area (Å²) in [5.41, 5.74) is 3.31. The van der Waals surface area contributed by atoms with E-state index in [0.717, 1.165) is 35.5 Å². The van der Waals surface area contributed by atoms with Crippen molar-refractivity contribution in [1.29, 1.82) is 0 Å². The lowest BCUT2D eigenvalue weighted by Crippen LogP contribution is -1.96. The van der Waals surface area contributed by atoms with E-state index in [4.69, 9.17) is 0 Å². The van der Waals surface area contributed by atoms with E-state index in [1.807, 2.05) is 18.2 Å². The molecule has 0 heterocycles. The first-order valence-electron chi connectivity index (χ1n) is 6.22. The summed E-state index contributed by atoms with van der Waals surface area (Å²) in [5, 5.41) is 0. The van der Waals surface area contributed by atoms with Gasteiger partial charge in [0, 0.05) is 19.3 Å². The molecule has 0 aromatic heterocycles. The second-order valence-corrected chi connectivity index (χ2v) is 4.27. The quantitative estimate of drug-likeness (QED) is 0.627. The molecule has 1 rings (SSSR count). The van der Waals surface area contributed by atoms with Crippen molar-refractivity contribution in [1.82, 2.24) is 0 Å². The third kappa shape index (κ3) is 5.04. The first kappa shape index (κ1) is 14.3. The van der Waals surface area contributed by atoms with Crippen LogP contribution >= 0.6 is 0 Å². The molecule has 1 aromatic rings. The van der Waals surface area contributed by atoms with Gasteiger partial charge in [-0.2, -0.15) is 0 Å². The molecule has 0 aliphatic rings. The predicted molar refractivity (Wildman–Crippen MR) is 69.6 cm³/mol. The molecule has 0 radical (unpaired) electrons. The van der Waals surface area contributed by atoms with Gasteiger partial charge in [0.1, 0.15) is 18.9 Å². The monoisotopic (exact) mass is 246 g/mol. The van der Waals surface area contributed by atoms with Crippen LogP contribution in [0.2, 0.25) is 0 Å². The first-order valence-corrected chi connectivity index (χ1v) is 6.22. The van der Waals surface area contributed by atoms with Crippen LogP contribution in [-0.2, 0) is 33.6 Å². The van der Waals surface area contributed by atoms with E-state index >= 15 is 0 Å². The third-order valence-corrected chi connectivity index (χ3v) is 2.76. The summed E-state index contributed by atoms with van der Waals surface area (Å²) in [4.78, 5) is 31.2. The number of benzene rings is 1. The summed E-state index contributed by atoms with van der Waals surface area (Å²) in [6.45, 7) is 0. The van der Waals surface area contributed by atoms with Crippen molar-refractivity contribution < 1.29 is 14.4 Å². The average Bonchev–Trinajstić information content (AvgIpc) is 2.40. The zero-order valence-electron chi connectivity index (χ0n) is 10.4. The number of hydrogen-bond acceptors (Lipinski definition) is 3. The molecule has 18 heavy (non-hydrogen) atoms. The summed E-state index contributed by atoms with van der Waals surface area (Å²) in [6.07, 6.45) is 6.37. The molecule has 0 bridgehead atoms. The van der Waals surface area contributed by atoms with Crippen molar-refractivity contribution in [2.24, 2.45) is 0 Å². The zero-order valence-corrected chi connectivity index (χ0v) is 10.4. The molecule has 3 nitrogen and oxygen atoms in total. The van der Waals surface area contributed by atoms with Crippen LogP contribution in [0.3, 0.4) is 0 Å². The van der Waals surface area contributed by atoms with Gasteiger partial charge in [-0.05, 0) is 36.0 Å². The Morgan fingerprint density at radius 1 is 0.611 bits per heavy atom. The average molecular weight is 246 g/mol. The molecule has 0 fully saturated rings. The smallest absolute Gasteiger partial charge is 0.120 e. The molecule has 3 heteroatoms. The number of rotatable bonds is 9. The van der Waals surface area contributed by atoms with E-state index in [2.05, 4.69) is 0 Å². The molecule has 0 spiro atoms. The molecule has 0 N–H and O–H groups in total. The minimum Gasteiger partial charge on any atom is -0.303 e. The van der Waals surface area contributed by atoms with Gasteiger partial charge in [0.2, 0.25) is 0 Å². The summed E-state index contributed by atoms with van der Waals surface area (Å²) >= 11 is 0. The van der Waals surface area contributed by atoms with Crippen LogP contribution in [-0.4, -0.2) is 18.9 Å². The third-order valence-electron chi connectivity index (χ3n) is 2.76. The minimum atomic E-state index is 0.504. The van der Waals surface area contributed by atoms with Gasteiger partial charge in [0.05, 0.1) is 0 Å².